The first-order chi connectivity index (χ1) is 11.4. The second-order valence-corrected chi connectivity index (χ2v) is 4.72. The van der Waals surface area contributed by atoms with Crippen LogP contribution in [0.2, 0.25) is 0 Å². The first-order valence-corrected chi connectivity index (χ1v) is 6.69. The number of aromatic hydroxyl groups is 1. The number of ether oxygens (including phenoxy) is 1. The van der Waals surface area contributed by atoms with Crippen LogP contribution < -0.4 is 5.32 Å². The van der Waals surface area contributed by atoms with Crippen molar-refractivity contribution in [3.63, 3.8) is 0 Å². The highest BCUT2D eigenvalue weighted by atomic mass is 16.5. The summed E-state index contributed by atoms with van der Waals surface area (Å²) in [5.41, 5.74) is -0.690. The largest absolute Gasteiger partial charge is 0.505 e. The zero-order valence-corrected chi connectivity index (χ0v) is 12.2. The molecule has 0 aliphatic heterocycles. The van der Waals surface area contributed by atoms with Crippen LogP contribution in [0.4, 0.5) is 10.5 Å². The third-order valence-corrected chi connectivity index (χ3v) is 3.04. The summed E-state index contributed by atoms with van der Waals surface area (Å²) in [5.74, 6) is -3.70. The highest BCUT2D eigenvalue weighted by Gasteiger charge is 2.20. The molecular weight excluding hydrogens is 318 g/mol. The van der Waals surface area contributed by atoms with Crippen LogP contribution >= 0.6 is 0 Å². The van der Waals surface area contributed by atoms with Gasteiger partial charge in [-0.05, 0) is 17.7 Å². The third kappa shape index (κ3) is 4.01. The predicted molar refractivity (Wildman–Crippen MR) is 82.3 cm³/mol. The number of carbonyl (C=O) groups is 3. The summed E-state index contributed by atoms with van der Waals surface area (Å²) in [7, 11) is 0. The minimum atomic E-state index is -1.53. The van der Waals surface area contributed by atoms with E-state index in [1.807, 2.05) is 0 Å². The molecule has 2 aromatic rings. The van der Waals surface area contributed by atoms with Crippen LogP contribution in [-0.4, -0.2) is 33.4 Å². The highest BCUT2D eigenvalue weighted by Crippen LogP contribution is 2.30. The molecule has 8 nitrogen and oxygen atoms in total. The zero-order valence-electron chi connectivity index (χ0n) is 12.2. The molecule has 4 N–H and O–H groups in total. The maximum absolute atomic E-state index is 11.8. The average Bonchev–Trinajstić information content (AvgIpc) is 2.55. The summed E-state index contributed by atoms with van der Waals surface area (Å²) in [6.45, 7) is -0.0438. The van der Waals surface area contributed by atoms with E-state index in [-0.39, 0.29) is 12.3 Å². The van der Waals surface area contributed by atoms with Gasteiger partial charge >= 0.3 is 18.0 Å². The molecule has 0 fully saturated rings. The number of carboxylic acids is 2. The van der Waals surface area contributed by atoms with E-state index >= 15 is 0 Å². The van der Waals surface area contributed by atoms with Gasteiger partial charge in [0.05, 0.1) is 11.3 Å². The van der Waals surface area contributed by atoms with Crippen LogP contribution in [0.15, 0.2) is 42.5 Å². The van der Waals surface area contributed by atoms with Gasteiger partial charge in [-0.2, -0.15) is 0 Å². The van der Waals surface area contributed by atoms with Gasteiger partial charge in [0.2, 0.25) is 0 Å². The summed E-state index contributed by atoms with van der Waals surface area (Å²) in [4.78, 5) is 33.8. The van der Waals surface area contributed by atoms with Crippen LogP contribution in [0.3, 0.4) is 0 Å². The molecule has 8 heteroatoms. The number of amides is 1. The molecule has 0 aliphatic rings. The molecule has 0 aromatic heterocycles. The maximum Gasteiger partial charge on any atom is 0.412 e. The number of benzene rings is 2. The monoisotopic (exact) mass is 331 g/mol. The fourth-order valence-electron chi connectivity index (χ4n) is 1.89. The van der Waals surface area contributed by atoms with Crippen LogP contribution in [0.1, 0.15) is 26.3 Å². The fourth-order valence-corrected chi connectivity index (χ4v) is 1.89. The van der Waals surface area contributed by atoms with Gasteiger partial charge in [-0.1, -0.05) is 30.3 Å². The molecular formula is C16H13NO7. The van der Waals surface area contributed by atoms with Crippen LogP contribution in [0, 0.1) is 0 Å². The molecule has 0 bridgehead atoms. The Bertz CT molecular complexity index is 787. The molecule has 2 rings (SSSR count). The van der Waals surface area contributed by atoms with Crippen molar-refractivity contribution in [3.8, 4) is 5.75 Å². The standard InChI is InChI=1S/C16H13NO7/c18-13-11(15(21)22)6-10(14(19)20)7-12(13)17-16(23)24-8-9-4-2-1-3-5-9/h1-7,18H,8H2,(H,17,23)(H,19,20)(H,21,22). The summed E-state index contributed by atoms with van der Waals surface area (Å²) in [5, 5.41) is 29.9. The van der Waals surface area contributed by atoms with E-state index in [0.29, 0.717) is 0 Å². The minimum absolute atomic E-state index is 0.0438. The summed E-state index contributed by atoms with van der Waals surface area (Å²) in [6, 6.07) is 10.5. The van der Waals surface area contributed by atoms with E-state index < -0.39 is 34.9 Å². The lowest BCUT2D eigenvalue weighted by molar-refractivity contribution is 0.0693. The Labute approximate surface area is 135 Å². The minimum Gasteiger partial charge on any atom is -0.505 e. The third-order valence-electron chi connectivity index (χ3n) is 3.04. The SMILES string of the molecule is O=C(Nc1cc(C(=O)O)cc(C(=O)O)c1O)OCc1ccccc1. The number of hydrogen-bond donors (Lipinski definition) is 4. The number of nitrogens with one attached hydrogen (secondary N) is 1. The number of phenols is 1. The van der Waals surface area contributed by atoms with Gasteiger partial charge in [0, 0.05) is 0 Å². The smallest absolute Gasteiger partial charge is 0.412 e. The van der Waals surface area contributed by atoms with Crippen LogP contribution in [0.5, 0.6) is 5.75 Å². The Morgan fingerprint density at radius 3 is 2.25 bits per heavy atom. The summed E-state index contributed by atoms with van der Waals surface area (Å²) < 4.78 is 4.93. The highest BCUT2D eigenvalue weighted by molar-refractivity contribution is 6.00. The second kappa shape index (κ2) is 7.14. The van der Waals surface area contributed by atoms with Crippen molar-refractivity contribution in [3.05, 3.63) is 59.2 Å². The van der Waals surface area contributed by atoms with Gasteiger partial charge in [0.1, 0.15) is 12.2 Å². The lowest BCUT2D eigenvalue weighted by Gasteiger charge is -2.11. The molecule has 0 atom stereocenters. The quantitative estimate of drug-likeness (QED) is 0.619. The normalized spacial score (nSPS) is 10.0. The van der Waals surface area contributed by atoms with Crippen molar-refractivity contribution in [2.45, 2.75) is 6.61 Å². The number of carbonyl (C=O) groups excluding carboxylic acids is 1. The predicted octanol–water partition coefficient (Wildman–Crippen LogP) is 2.54. The number of carboxylic acid groups (broad SMARTS) is 2. The Morgan fingerprint density at radius 1 is 1.00 bits per heavy atom. The van der Waals surface area contributed by atoms with E-state index in [1.165, 1.54) is 0 Å². The Morgan fingerprint density at radius 2 is 1.67 bits per heavy atom. The van der Waals surface area contributed by atoms with Gasteiger partial charge < -0.3 is 20.1 Å². The molecule has 1 amide bonds. The molecule has 24 heavy (non-hydrogen) atoms. The van der Waals surface area contributed by atoms with Crippen molar-refractivity contribution < 1.29 is 34.4 Å². The molecule has 0 heterocycles. The molecule has 0 saturated heterocycles. The van der Waals surface area contributed by atoms with E-state index in [0.717, 1.165) is 17.7 Å². The van der Waals surface area contributed by atoms with E-state index in [2.05, 4.69) is 5.32 Å². The zero-order chi connectivity index (χ0) is 17.7. The number of rotatable bonds is 5. The van der Waals surface area contributed by atoms with Crippen LogP contribution in [0.25, 0.3) is 0 Å². The topological polar surface area (TPSA) is 133 Å². The first-order valence-electron chi connectivity index (χ1n) is 6.69. The molecule has 124 valence electrons. The average molecular weight is 331 g/mol. The van der Waals surface area contributed by atoms with Gasteiger partial charge in [-0.25, -0.2) is 14.4 Å². The van der Waals surface area contributed by atoms with Gasteiger partial charge in [-0.15, -0.1) is 0 Å². The second-order valence-electron chi connectivity index (χ2n) is 4.72. The van der Waals surface area contributed by atoms with E-state index in [1.54, 1.807) is 30.3 Å². The Balaban J connectivity index is 2.17. The number of hydrogen-bond acceptors (Lipinski definition) is 5. The summed E-state index contributed by atoms with van der Waals surface area (Å²) in [6.07, 6.45) is -0.965. The van der Waals surface area contributed by atoms with Crippen molar-refractivity contribution in [1.82, 2.24) is 0 Å². The number of anilines is 1. The lowest BCUT2D eigenvalue weighted by atomic mass is 10.1. The Kier molecular flexibility index (Phi) is 5.00. The summed E-state index contributed by atoms with van der Waals surface area (Å²) >= 11 is 0. The Hall–Kier alpha value is -3.55. The van der Waals surface area contributed by atoms with E-state index in [9.17, 15) is 19.5 Å². The lowest BCUT2D eigenvalue weighted by Crippen LogP contribution is -2.15. The van der Waals surface area contributed by atoms with Crippen molar-refractivity contribution in [2.24, 2.45) is 0 Å². The maximum atomic E-state index is 11.8. The molecule has 0 aliphatic carbocycles. The van der Waals surface area contributed by atoms with Gasteiger partial charge in [-0.3, -0.25) is 5.32 Å². The fraction of sp³-hybridized carbons (Fsp3) is 0.0625. The molecule has 0 spiro atoms. The van der Waals surface area contributed by atoms with Crippen molar-refractivity contribution >= 4 is 23.7 Å². The first kappa shape index (κ1) is 16.8. The van der Waals surface area contributed by atoms with Gasteiger partial charge in [0.15, 0.2) is 5.75 Å². The van der Waals surface area contributed by atoms with Gasteiger partial charge in [0.25, 0.3) is 0 Å². The van der Waals surface area contributed by atoms with Crippen LogP contribution in [-0.2, 0) is 11.3 Å². The molecule has 0 unspecified atom stereocenters. The van der Waals surface area contributed by atoms with E-state index in [4.69, 9.17) is 14.9 Å². The molecule has 2 aromatic carbocycles. The van der Waals surface area contributed by atoms with Crippen molar-refractivity contribution in [2.75, 3.05) is 5.32 Å². The number of aromatic carboxylic acids is 2. The molecule has 0 radical (unpaired) electrons. The molecule has 0 saturated carbocycles. The van der Waals surface area contributed by atoms with Crippen molar-refractivity contribution in [1.29, 1.82) is 0 Å².